The van der Waals surface area contributed by atoms with Crippen LogP contribution >= 0.6 is 0 Å². The first-order valence-corrected chi connectivity index (χ1v) is 9.83. The first-order valence-electron chi connectivity index (χ1n) is 9.83. The van der Waals surface area contributed by atoms with Crippen LogP contribution in [0.25, 0.3) is 0 Å². The number of aryl methyl sites for hydroxylation is 1. The fourth-order valence-corrected chi connectivity index (χ4v) is 3.64. The van der Waals surface area contributed by atoms with E-state index in [-0.39, 0.29) is 5.60 Å². The molecule has 0 atom stereocenters. The van der Waals surface area contributed by atoms with Crippen molar-refractivity contribution in [2.24, 2.45) is 7.05 Å². The smallest absolute Gasteiger partial charge is 0.475 e. The first-order chi connectivity index (χ1) is 14.7. The molecule has 2 saturated heterocycles. The van der Waals surface area contributed by atoms with E-state index in [0.29, 0.717) is 0 Å². The van der Waals surface area contributed by atoms with Gasteiger partial charge in [0, 0.05) is 51.5 Å². The summed E-state index contributed by atoms with van der Waals surface area (Å²) in [5, 5.41) is 7.12. The van der Waals surface area contributed by atoms with Gasteiger partial charge in [0.15, 0.2) is 0 Å². The zero-order chi connectivity index (χ0) is 22.5. The molecule has 2 aliphatic rings. The summed E-state index contributed by atoms with van der Waals surface area (Å²) in [6.07, 6.45) is 4.48. The molecule has 2 aromatic rings. The van der Waals surface area contributed by atoms with Crippen molar-refractivity contribution < 1.29 is 27.8 Å². The number of nitrogens with zero attached hydrogens (tertiary/aromatic N) is 6. The quantitative estimate of drug-likeness (QED) is 0.768. The predicted molar refractivity (Wildman–Crippen MR) is 104 cm³/mol. The number of hydrogen-bond donors (Lipinski definition) is 1. The summed E-state index contributed by atoms with van der Waals surface area (Å²) in [5.74, 6) is -0.821. The Morgan fingerprint density at radius 3 is 2.35 bits per heavy atom. The number of aliphatic carboxylic acids is 1. The standard InChI is InChI=1S/C17H24N6O.C2HF3O2/c1-21-10-7-18-15(21)13-22-8-3-17(4-9-22)14-23(11-12-24-17)16-19-5-2-6-20-16;3-2(4,5)1(6)7/h2,5-7,10H,3-4,8-9,11-14H2,1H3;(H,6,7). The van der Waals surface area contributed by atoms with Gasteiger partial charge in [0.1, 0.15) is 5.82 Å². The number of carboxylic acid groups (broad SMARTS) is 1. The Labute approximate surface area is 177 Å². The maximum absolute atomic E-state index is 10.6. The SMILES string of the molecule is Cn1ccnc1CN1CCC2(CC1)CN(c1ncccn1)CCO2.O=C(O)C(F)(F)F. The van der Waals surface area contributed by atoms with E-state index < -0.39 is 12.1 Å². The summed E-state index contributed by atoms with van der Waals surface area (Å²) in [5.41, 5.74) is -0.0599. The minimum absolute atomic E-state index is 0.0599. The molecule has 0 unspecified atom stereocenters. The molecule has 170 valence electrons. The van der Waals surface area contributed by atoms with Crippen molar-refractivity contribution in [3.8, 4) is 0 Å². The van der Waals surface area contributed by atoms with Crippen molar-refractivity contribution >= 4 is 11.9 Å². The maximum Gasteiger partial charge on any atom is 0.490 e. The Bertz CT molecular complexity index is 853. The molecule has 12 heteroatoms. The number of carbonyl (C=O) groups is 1. The van der Waals surface area contributed by atoms with Gasteiger partial charge in [0.05, 0.1) is 25.3 Å². The van der Waals surface area contributed by atoms with E-state index in [2.05, 4.69) is 36.4 Å². The normalized spacial score (nSPS) is 19.0. The second-order valence-corrected chi connectivity index (χ2v) is 7.54. The Balaban J connectivity index is 0.000000339. The minimum Gasteiger partial charge on any atom is -0.475 e. The number of anilines is 1. The maximum atomic E-state index is 10.6. The average Bonchev–Trinajstić information content (AvgIpc) is 3.15. The highest BCUT2D eigenvalue weighted by molar-refractivity contribution is 5.73. The molecule has 2 fully saturated rings. The van der Waals surface area contributed by atoms with Gasteiger partial charge in [0.2, 0.25) is 5.95 Å². The number of ether oxygens (including phenoxy) is 1. The number of imidazole rings is 1. The minimum atomic E-state index is -5.08. The van der Waals surface area contributed by atoms with E-state index in [1.807, 2.05) is 18.5 Å². The molecule has 4 rings (SSSR count). The van der Waals surface area contributed by atoms with Crippen LogP contribution in [-0.4, -0.2) is 80.1 Å². The fourth-order valence-electron chi connectivity index (χ4n) is 3.64. The van der Waals surface area contributed by atoms with E-state index in [1.54, 1.807) is 12.4 Å². The van der Waals surface area contributed by atoms with Gasteiger partial charge in [-0.15, -0.1) is 0 Å². The average molecular weight is 442 g/mol. The van der Waals surface area contributed by atoms with Crippen LogP contribution in [0.1, 0.15) is 18.7 Å². The number of alkyl halides is 3. The lowest BCUT2D eigenvalue weighted by Gasteiger charge is -2.47. The second kappa shape index (κ2) is 9.60. The van der Waals surface area contributed by atoms with Crippen molar-refractivity contribution in [3.05, 3.63) is 36.7 Å². The van der Waals surface area contributed by atoms with E-state index in [9.17, 15) is 13.2 Å². The van der Waals surface area contributed by atoms with Crippen LogP contribution in [-0.2, 0) is 23.1 Å². The summed E-state index contributed by atoms with van der Waals surface area (Å²) in [4.78, 5) is 26.8. The van der Waals surface area contributed by atoms with Gasteiger partial charge in [-0.25, -0.2) is 19.7 Å². The van der Waals surface area contributed by atoms with Gasteiger partial charge in [0.25, 0.3) is 0 Å². The molecule has 0 bridgehead atoms. The molecule has 0 saturated carbocycles. The number of carboxylic acids is 1. The highest BCUT2D eigenvalue weighted by Crippen LogP contribution is 2.31. The predicted octanol–water partition coefficient (Wildman–Crippen LogP) is 1.71. The zero-order valence-corrected chi connectivity index (χ0v) is 17.1. The van der Waals surface area contributed by atoms with Crippen LogP contribution in [0.2, 0.25) is 0 Å². The fraction of sp³-hybridized carbons (Fsp3) is 0.579. The van der Waals surface area contributed by atoms with Crippen molar-refractivity contribution in [3.63, 3.8) is 0 Å². The topological polar surface area (TPSA) is 96.6 Å². The third kappa shape index (κ3) is 6.14. The summed E-state index contributed by atoms with van der Waals surface area (Å²) in [6.45, 7) is 5.48. The number of hydrogen-bond acceptors (Lipinski definition) is 7. The molecular formula is C19H25F3N6O3. The zero-order valence-electron chi connectivity index (χ0n) is 17.1. The molecule has 2 aromatic heterocycles. The number of morpholine rings is 1. The Morgan fingerprint density at radius 2 is 1.81 bits per heavy atom. The van der Waals surface area contributed by atoms with Crippen LogP contribution in [0, 0.1) is 0 Å². The number of piperidine rings is 1. The molecule has 1 N–H and O–H groups in total. The summed E-state index contributed by atoms with van der Waals surface area (Å²) in [7, 11) is 2.05. The number of likely N-dealkylation sites (tertiary alicyclic amines) is 1. The van der Waals surface area contributed by atoms with Gasteiger partial charge in [-0.2, -0.15) is 13.2 Å². The highest BCUT2D eigenvalue weighted by atomic mass is 19.4. The lowest BCUT2D eigenvalue weighted by Crippen LogP contribution is -2.57. The third-order valence-electron chi connectivity index (χ3n) is 5.38. The van der Waals surface area contributed by atoms with Crippen LogP contribution < -0.4 is 4.90 Å². The van der Waals surface area contributed by atoms with Crippen molar-refractivity contribution in [2.45, 2.75) is 31.2 Å². The molecule has 0 aromatic carbocycles. The summed E-state index contributed by atoms with van der Waals surface area (Å²) < 4.78 is 40.1. The molecule has 2 aliphatic heterocycles. The largest absolute Gasteiger partial charge is 0.490 e. The van der Waals surface area contributed by atoms with E-state index in [4.69, 9.17) is 14.6 Å². The molecule has 9 nitrogen and oxygen atoms in total. The molecule has 1 spiro atoms. The van der Waals surface area contributed by atoms with Crippen molar-refractivity contribution in [1.29, 1.82) is 0 Å². The van der Waals surface area contributed by atoms with Crippen molar-refractivity contribution in [1.82, 2.24) is 24.4 Å². The van der Waals surface area contributed by atoms with Crippen LogP contribution in [0.3, 0.4) is 0 Å². The van der Waals surface area contributed by atoms with Gasteiger partial charge in [-0.3, -0.25) is 4.90 Å². The highest BCUT2D eigenvalue weighted by Gasteiger charge is 2.40. The molecule has 0 radical (unpaired) electrons. The number of halogens is 3. The third-order valence-corrected chi connectivity index (χ3v) is 5.38. The Kier molecular flexibility index (Phi) is 7.11. The summed E-state index contributed by atoms with van der Waals surface area (Å²) in [6, 6.07) is 1.86. The molecule has 0 amide bonds. The molecule has 31 heavy (non-hydrogen) atoms. The Morgan fingerprint density at radius 1 is 1.16 bits per heavy atom. The van der Waals surface area contributed by atoms with Crippen LogP contribution in [0.4, 0.5) is 19.1 Å². The summed E-state index contributed by atoms with van der Waals surface area (Å²) >= 11 is 0. The first kappa shape index (κ1) is 22.9. The lowest BCUT2D eigenvalue weighted by molar-refractivity contribution is -0.192. The number of aromatic nitrogens is 4. The van der Waals surface area contributed by atoms with Crippen LogP contribution in [0.5, 0.6) is 0 Å². The monoisotopic (exact) mass is 442 g/mol. The second-order valence-electron chi connectivity index (χ2n) is 7.54. The van der Waals surface area contributed by atoms with E-state index in [1.165, 1.54) is 0 Å². The molecular weight excluding hydrogens is 417 g/mol. The molecule has 0 aliphatic carbocycles. The number of rotatable bonds is 3. The van der Waals surface area contributed by atoms with E-state index >= 15 is 0 Å². The Hall–Kier alpha value is -2.73. The van der Waals surface area contributed by atoms with Gasteiger partial charge in [-0.1, -0.05) is 0 Å². The van der Waals surface area contributed by atoms with Crippen molar-refractivity contribution in [2.75, 3.05) is 37.7 Å². The molecule has 4 heterocycles. The van der Waals surface area contributed by atoms with Gasteiger partial charge in [-0.05, 0) is 18.9 Å². The van der Waals surface area contributed by atoms with E-state index in [0.717, 1.165) is 63.9 Å². The lowest BCUT2D eigenvalue weighted by atomic mass is 9.89. The van der Waals surface area contributed by atoms with Crippen LogP contribution in [0.15, 0.2) is 30.9 Å². The van der Waals surface area contributed by atoms with Gasteiger partial charge >= 0.3 is 12.1 Å². The van der Waals surface area contributed by atoms with Gasteiger partial charge < -0.3 is 19.3 Å².